The van der Waals surface area contributed by atoms with Crippen molar-refractivity contribution in [1.29, 1.82) is 5.26 Å². The van der Waals surface area contributed by atoms with E-state index in [1.807, 2.05) is 25.7 Å². The van der Waals surface area contributed by atoms with Crippen LogP contribution >= 0.6 is 0 Å². The first-order valence-corrected chi connectivity index (χ1v) is 4.86. The van der Waals surface area contributed by atoms with Crippen molar-refractivity contribution in [2.75, 3.05) is 6.54 Å². The molecule has 1 N–H and O–H groups in total. The van der Waals surface area contributed by atoms with E-state index in [0.29, 0.717) is 13.0 Å². The van der Waals surface area contributed by atoms with E-state index in [-0.39, 0.29) is 18.5 Å². The molecule has 0 aromatic rings. The number of nitriles is 1. The Balaban J connectivity index is 3.99. The Morgan fingerprint density at radius 3 is 2.43 bits per heavy atom. The quantitative estimate of drug-likeness (QED) is 0.702. The zero-order valence-corrected chi connectivity index (χ0v) is 9.03. The van der Waals surface area contributed by atoms with Crippen LogP contribution < -0.4 is 0 Å². The minimum Gasteiger partial charge on any atom is -0.481 e. The summed E-state index contributed by atoms with van der Waals surface area (Å²) in [6, 6.07) is 2.29. The number of hydrogen-bond donors (Lipinski definition) is 1. The van der Waals surface area contributed by atoms with E-state index in [0.717, 1.165) is 0 Å². The maximum Gasteiger partial charge on any atom is 0.303 e. The lowest BCUT2D eigenvalue weighted by molar-refractivity contribution is -0.137. The second-order valence-electron chi connectivity index (χ2n) is 3.63. The maximum atomic E-state index is 10.3. The highest BCUT2D eigenvalue weighted by molar-refractivity contribution is 5.66. The van der Waals surface area contributed by atoms with Crippen molar-refractivity contribution < 1.29 is 9.90 Å². The molecule has 0 aromatic heterocycles. The molecule has 0 aliphatic carbocycles. The number of carbonyl (C=O) groups is 1. The molecule has 0 aliphatic rings. The number of aliphatic carboxylic acids is 1. The lowest BCUT2D eigenvalue weighted by Gasteiger charge is -2.28. The largest absolute Gasteiger partial charge is 0.481 e. The molecule has 0 saturated heterocycles. The highest BCUT2D eigenvalue weighted by Gasteiger charge is 2.16. The van der Waals surface area contributed by atoms with Crippen LogP contribution in [0.4, 0.5) is 0 Å². The van der Waals surface area contributed by atoms with Crippen molar-refractivity contribution >= 4 is 5.97 Å². The third-order valence-corrected chi connectivity index (χ3v) is 2.15. The molecular weight excluding hydrogens is 180 g/mol. The molecule has 4 nitrogen and oxygen atoms in total. The molecule has 0 spiro atoms. The zero-order valence-electron chi connectivity index (χ0n) is 9.03. The summed E-state index contributed by atoms with van der Waals surface area (Å²) >= 11 is 0. The van der Waals surface area contributed by atoms with Crippen LogP contribution in [0.15, 0.2) is 0 Å². The van der Waals surface area contributed by atoms with Crippen LogP contribution in [0.1, 0.15) is 33.6 Å². The fourth-order valence-corrected chi connectivity index (χ4v) is 1.39. The van der Waals surface area contributed by atoms with Crippen LogP contribution in [0.3, 0.4) is 0 Å². The number of rotatable bonds is 6. The monoisotopic (exact) mass is 198 g/mol. The first-order valence-electron chi connectivity index (χ1n) is 4.86. The molecule has 0 fully saturated rings. The van der Waals surface area contributed by atoms with Crippen molar-refractivity contribution in [1.82, 2.24) is 4.90 Å². The van der Waals surface area contributed by atoms with Crippen LogP contribution in [0, 0.1) is 11.3 Å². The van der Waals surface area contributed by atoms with Gasteiger partial charge in [0, 0.05) is 19.0 Å². The molecule has 0 rings (SSSR count). The summed E-state index contributed by atoms with van der Waals surface area (Å²) in [4.78, 5) is 12.3. The van der Waals surface area contributed by atoms with Gasteiger partial charge in [0.1, 0.15) is 0 Å². The topological polar surface area (TPSA) is 64.3 Å². The molecule has 1 unspecified atom stereocenters. The average molecular weight is 198 g/mol. The van der Waals surface area contributed by atoms with Gasteiger partial charge >= 0.3 is 5.97 Å². The Morgan fingerprint density at radius 1 is 1.50 bits per heavy atom. The standard InChI is InChI=1S/C10H18N2O2/c1-8(2)12(9(3)7-11)6-4-5-10(13)14/h8-9H,4-6H2,1-3H3,(H,13,14). The second-order valence-corrected chi connectivity index (χ2v) is 3.63. The molecule has 0 radical (unpaired) electrons. The number of carboxylic acid groups (broad SMARTS) is 1. The summed E-state index contributed by atoms with van der Waals surface area (Å²) in [5.74, 6) is -0.779. The smallest absolute Gasteiger partial charge is 0.303 e. The third-order valence-electron chi connectivity index (χ3n) is 2.15. The number of carboxylic acids is 1. The van der Waals surface area contributed by atoms with Crippen LogP contribution in [-0.2, 0) is 4.79 Å². The fraction of sp³-hybridized carbons (Fsp3) is 0.800. The Bertz CT molecular complexity index is 221. The van der Waals surface area contributed by atoms with Crippen molar-refractivity contribution in [2.24, 2.45) is 0 Å². The van der Waals surface area contributed by atoms with E-state index < -0.39 is 5.97 Å². The summed E-state index contributed by atoms with van der Waals surface area (Å²) in [6.45, 7) is 6.52. The van der Waals surface area contributed by atoms with Crippen LogP contribution in [-0.4, -0.2) is 34.6 Å². The third kappa shape index (κ3) is 4.83. The summed E-state index contributed by atoms with van der Waals surface area (Å²) in [5.41, 5.74) is 0. The highest BCUT2D eigenvalue weighted by Crippen LogP contribution is 2.06. The minimum absolute atomic E-state index is 0.149. The van der Waals surface area contributed by atoms with E-state index in [1.165, 1.54) is 0 Å². The van der Waals surface area contributed by atoms with E-state index >= 15 is 0 Å². The molecule has 0 aromatic carbocycles. The van der Waals surface area contributed by atoms with Crippen molar-refractivity contribution in [2.45, 2.75) is 45.7 Å². The molecule has 0 bridgehead atoms. The molecule has 0 saturated carbocycles. The summed E-state index contributed by atoms with van der Waals surface area (Å²) in [6.07, 6.45) is 0.765. The molecule has 0 aliphatic heterocycles. The Morgan fingerprint density at radius 2 is 2.07 bits per heavy atom. The van der Waals surface area contributed by atoms with Gasteiger partial charge in [-0.2, -0.15) is 5.26 Å². The van der Waals surface area contributed by atoms with Gasteiger partial charge < -0.3 is 5.11 Å². The van der Waals surface area contributed by atoms with Crippen molar-refractivity contribution in [3.05, 3.63) is 0 Å². The van der Waals surface area contributed by atoms with Crippen LogP contribution in [0.2, 0.25) is 0 Å². The van der Waals surface area contributed by atoms with Crippen molar-refractivity contribution in [3.63, 3.8) is 0 Å². The minimum atomic E-state index is -0.779. The number of nitrogens with zero attached hydrogens (tertiary/aromatic N) is 2. The molecule has 14 heavy (non-hydrogen) atoms. The molecule has 1 atom stereocenters. The molecule has 0 amide bonds. The summed E-state index contributed by atoms with van der Waals surface area (Å²) in [7, 11) is 0. The van der Waals surface area contributed by atoms with E-state index in [9.17, 15) is 4.79 Å². The summed E-state index contributed by atoms with van der Waals surface area (Å²) < 4.78 is 0. The predicted molar refractivity (Wildman–Crippen MR) is 53.8 cm³/mol. The highest BCUT2D eigenvalue weighted by atomic mass is 16.4. The van der Waals surface area contributed by atoms with Gasteiger partial charge in [-0.25, -0.2) is 0 Å². The first-order chi connectivity index (χ1) is 6.49. The lowest BCUT2D eigenvalue weighted by Crippen LogP contribution is -2.38. The molecular formula is C10H18N2O2. The van der Waals surface area contributed by atoms with Gasteiger partial charge in [-0.1, -0.05) is 0 Å². The fourth-order valence-electron chi connectivity index (χ4n) is 1.39. The van der Waals surface area contributed by atoms with Crippen LogP contribution in [0.25, 0.3) is 0 Å². The van der Waals surface area contributed by atoms with E-state index in [2.05, 4.69) is 6.07 Å². The molecule has 4 heteroatoms. The second kappa shape index (κ2) is 6.39. The van der Waals surface area contributed by atoms with Gasteiger partial charge in [0.05, 0.1) is 12.1 Å². The van der Waals surface area contributed by atoms with Crippen LogP contribution in [0.5, 0.6) is 0 Å². The van der Waals surface area contributed by atoms with Gasteiger partial charge in [-0.05, 0) is 27.2 Å². The zero-order chi connectivity index (χ0) is 11.1. The first kappa shape index (κ1) is 12.9. The van der Waals surface area contributed by atoms with E-state index in [4.69, 9.17) is 10.4 Å². The maximum absolute atomic E-state index is 10.3. The van der Waals surface area contributed by atoms with Gasteiger partial charge in [-0.3, -0.25) is 9.69 Å². The number of hydrogen-bond acceptors (Lipinski definition) is 3. The lowest BCUT2D eigenvalue weighted by atomic mass is 10.2. The van der Waals surface area contributed by atoms with Gasteiger partial charge in [0.2, 0.25) is 0 Å². The molecule has 80 valence electrons. The SMILES string of the molecule is CC(C)N(CCCC(=O)O)C(C)C#N. The van der Waals surface area contributed by atoms with Gasteiger partial charge in [0.15, 0.2) is 0 Å². The predicted octanol–water partition coefficient (Wildman–Crippen LogP) is 1.47. The normalized spacial score (nSPS) is 12.9. The summed E-state index contributed by atoms with van der Waals surface area (Å²) in [5, 5.41) is 17.2. The molecule has 0 heterocycles. The van der Waals surface area contributed by atoms with Gasteiger partial charge in [0.25, 0.3) is 0 Å². The van der Waals surface area contributed by atoms with Crippen molar-refractivity contribution in [3.8, 4) is 6.07 Å². The van der Waals surface area contributed by atoms with Gasteiger partial charge in [-0.15, -0.1) is 0 Å². The Labute approximate surface area is 85.1 Å². The average Bonchev–Trinajstić information content (AvgIpc) is 2.10. The Kier molecular flexibility index (Phi) is 5.89. The Hall–Kier alpha value is -1.08. The van der Waals surface area contributed by atoms with E-state index in [1.54, 1.807) is 0 Å².